The van der Waals surface area contributed by atoms with Crippen LogP contribution in [0, 0.1) is 0 Å². The highest BCUT2D eigenvalue weighted by molar-refractivity contribution is 5.82. The zero-order valence-electron chi connectivity index (χ0n) is 11.2. The van der Waals surface area contributed by atoms with E-state index in [0.29, 0.717) is 0 Å². The van der Waals surface area contributed by atoms with E-state index in [1.54, 1.807) is 6.21 Å². The second kappa shape index (κ2) is 6.19. The molecule has 6 nitrogen and oxygen atoms in total. The second-order valence-electron chi connectivity index (χ2n) is 4.65. The number of nitrogens with two attached hydrogens (primary N) is 2. The third-order valence-corrected chi connectivity index (χ3v) is 3.12. The van der Waals surface area contributed by atoms with Crippen LogP contribution in [0.15, 0.2) is 34.5 Å². The van der Waals surface area contributed by atoms with Gasteiger partial charge in [0.15, 0.2) is 0 Å². The van der Waals surface area contributed by atoms with Gasteiger partial charge in [0.2, 0.25) is 5.96 Å². The molecular weight excluding hydrogens is 240 g/mol. The van der Waals surface area contributed by atoms with Gasteiger partial charge in [0, 0.05) is 31.9 Å². The minimum atomic E-state index is -0.0357. The van der Waals surface area contributed by atoms with E-state index in [-0.39, 0.29) is 5.96 Å². The number of guanidine groups is 1. The van der Waals surface area contributed by atoms with E-state index in [4.69, 9.17) is 11.5 Å². The topological polar surface area (TPSA) is 83.2 Å². The Morgan fingerprint density at radius 3 is 2.63 bits per heavy atom. The van der Waals surface area contributed by atoms with Gasteiger partial charge in [0.25, 0.3) is 0 Å². The predicted octanol–water partition coefficient (Wildman–Crippen LogP) is 0.0457. The fourth-order valence-corrected chi connectivity index (χ4v) is 2.03. The maximum absolute atomic E-state index is 5.22. The van der Waals surface area contributed by atoms with Crippen LogP contribution in [0.1, 0.15) is 5.56 Å². The van der Waals surface area contributed by atoms with Gasteiger partial charge in [-0.25, -0.2) is 0 Å². The molecule has 6 heteroatoms. The van der Waals surface area contributed by atoms with Crippen molar-refractivity contribution in [2.45, 2.75) is 0 Å². The van der Waals surface area contributed by atoms with Gasteiger partial charge in [-0.05, 0) is 24.7 Å². The van der Waals surface area contributed by atoms with E-state index in [9.17, 15) is 0 Å². The van der Waals surface area contributed by atoms with Gasteiger partial charge < -0.3 is 21.3 Å². The molecule has 1 aromatic carbocycles. The second-order valence-corrected chi connectivity index (χ2v) is 4.65. The summed E-state index contributed by atoms with van der Waals surface area (Å²) in [5.41, 5.74) is 12.6. The summed E-state index contributed by atoms with van der Waals surface area (Å²) in [5, 5.41) is 7.42. The molecule has 0 aromatic heterocycles. The van der Waals surface area contributed by atoms with Crippen molar-refractivity contribution in [2.24, 2.45) is 21.7 Å². The van der Waals surface area contributed by atoms with E-state index in [1.807, 2.05) is 12.1 Å². The van der Waals surface area contributed by atoms with Crippen LogP contribution in [0.3, 0.4) is 0 Å². The van der Waals surface area contributed by atoms with Crippen molar-refractivity contribution < 1.29 is 0 Å². The van der Waals surface area contributed by atoms with E-state index >= 15 is 0 Å². The Labute approximate surface area is 113 Å². The number of nitrogens with zero attached hydrogens (tertiary/aromatic N) is 4. The van der Waals surface area contributed by atoms with Crippen LogP contribution in [0.4, 0.5) is 5.69 Å². The smallest absolute Gasteiger partial charge is 0.211 e. The lowest BCUT2D eigenvalue weighted by atomic mass is 10.2. The molecule has 1 aliphatic rings. The van der Waals surface area contributed by atoms with Crippen molar-refractivity contribution >= 4 is 17.9 Å². The first-order chi connectivity index (χ1) is 9.15. The summed E-state index contributed by atoms with van der Waals surface area (Å²) in [6.45, 7) is 4.27. The van der Waals surface area contributed by atoms with Gasteiger partial charge in [0.1, 0.15) is 0 Å². The minimum Gasteiger partial charge on any atom is -0.369 e. The molecule has 19 heavy (non-hydrogen) atoms. The van der Waals surface area contributed by atoms with Gasteiger partial charge in [-0.1, -0.05) is 12.1 Å². The maximum atomic E-state index is 5.22. The largest absolute Gasteiger partial charge is 0.369 e. The van der Waals surface area contributed by atoms with Gasteiger partial charge >= 0.3 is 0 Å². The van der Waals surface area contributed by atoms with Crippen LogP contribution in [-0.4, -0.2) is 50.3 Å². The number of benzene rings is 1. The summed E-state index contributed by atoms with van der Waals surface area (Å²) in [6.07, 6.45) is 1.65. The molecule has 2 rings (SSSR count). The van der Waals surface area contributed by atoms with Gasteiger partial charge in [0.05, 0.1) is 6.21 Å². The third-order valence-electron chi connectivity index (χ3n) is 3.12. The number of piperazine rings is 1. The Hall–Kier alpha value is -2.08. The highest BCUT2D eigenvalue weighted by atomic mass is 15.3. The highest BCUT2D eigenvalue weighted by Gasteiger charge is 2.13. The molecule has 0 saturated carbocycles. The quantitative estimate of drug-likeness (QED) is 0.457. The van der Waals surface area contributed by atoms with Crippen LogP contribution in [-0.2, 0) is 0 Å². The Kier molecular flexibility index (Phi) is 4.35. The fraction of sp³-hybridized carbons (Fsp3) is 0.385. The summed E-state index contributed by atoms with van der Waals surface area (Å²) >= 11 is 0. The molecule has 0 radical (unpaired) electrons. The average molecular weight is 260 g/mol. The molecule has 1 saturated heterocycles. The van der Waals surface area contributed by atoms with Gasteiger partial charge in [-0.15, -0.1) is 5.10 Å². The zero-order valence-corrected chi connectivity index (χ0v) is 11.2. The lowest BCUT2D eigenvalue weighted by Gasteiger charge is -2.34. The first kappa shape index (κ1) is 13.4. The minimum absolute atomic E-state index is 0.0357. The lowest BCUT2D eigenvalue weighted by Crippen LogP contribution is -2.44. The molecule has 4 N–H and O–H groups in total. The number of hydrogen-bond donors (Lipinski definition) is 2. The summed E-state index contributed by atoms with van der Waals surface area (Å²) in [4.78, 5) is 4.71. The number of rotatable bonds is 3. The van der Waals surface area contributed by atoms with Crippen molar-refractivity contribution in [3.05, 3.63) is 29.8 Å². The maximum Gasteiger partial charge on any atom is 0.211 e. The van der Waals surface area contributed by atoms with Crippen molar-refractivity contribution in [1.29, 1.82) is 0 Å². The van der Waals surface area contributed by atoms with Crippen LogP contribution in [0.5, 0.6) is 0 Å². The Morgan fingerprint density at radius 2 is 1.95 bits per heavy atom. The SMILES string of the molecule is CN1CCN(c2cccc(C=NN=C(N)N)c2)CC1. The molecule has 1 heterocycles. The van der Waals surface area contributed by atoms with Crippen LogP contribution >= 0.6 is 0 Å². The zero-order chi connectivity index (χ0) is 13.7. The molecule has 1 aliphatic heterocycles. The standard InChI is InChI=1S/C13H20N6/c1-18-5-7-19(8-6-18)12-4-2-3-11(9-12)10-16-17-13(14)15/h2-4,9-10H,5-8H2,1H3,(H4,14,15,17). The molecule has 0 aliphatic carbocycles. The summed E-state index contributed by atoms with van der Waals surface area (Å²) in [7, 11) is 2.15. The van der Waals surface area contributed by atoms with E-state index in [2.05, 4.69) is 39.2 Å². The molecule has 102 valence electrons. The third kappa shape index (κ3) is 3.96. The van der Waals surface area contributed by atoms with Crippen molar-refractivity contribution in [2.75, 3.05) is 38.1 Å². The summed E-state index contributed by atoms with van der Waals surface area (Å²) < 4.78 is 0. The molecule has 0 spiro atoms. The molecule has 0 atom stereocenters. The molecule has 0 bridgehead atoms. The molecule has 0 amide bonds. The van der Waals surface area contributed by atoms with Crippen LogP contribution < -0.4 is 16.4 Å². The van der Waals surface area contributed by atoms with Crippen molar-refractivity contribution in [1.82, 2.24) is 4.90 Å². The van der Waals surface area contributed by atoms with E-state index in [1.165, 1.54) is 5.69 Å². The van der Waals surface area contributed by atoms with E-state index < -0.39 is 0 Å². The Bertz CT molecular complexity index is 470. The molecule has 0 unspecified atom stereocenters. The fourth-order valence-electron chi connectivity index (χ4n) is 2.03. The van der Waals surface area contributed by atoms with Crippen LogP contribution in [0.25, 0.3) is 0 Å². The number of likely N-dealkylation sites (N-methyl/N-ethyl adjacent to an activating group) is 1. The average Bonchev–Trinajstić information content (AvgIpc) is 2.39. The molecular formula is C13H20N6. The highest BCUT2D eigenvalue weighted by Crippen LogP contribution is 2.17. The summed E-state index contributed by atoms with van der Waals surface area (Å²) in [6, 6.07) is 8.20. The number of anilines is 1. The van der Waals surface area contributed by atoms with E-state index in [0.717, 1.165) is 31.7 Å². The summed E-state index contributed by atoms with van der Waals surface area (Å²) in [5.74, 6) is -0.0357. The van der Waals surface area contributed by atoms with Crippen molar-refractivity contribution in [3.8, 4) is 0 Å². The first-order valence-electron chi connectivity index (χ1n) is 6.30. The van der Waals surface area contributed by atoms with Crippen molar-refractivity contribution in [3.63, 3.8) is 0 Å². The Morgan fingerprint density at radius 1 is 1.21 bits per heavy atom. The molecule has 1 aromatic rings. The number of hydrogen-bond acceptors (Lipinski definition) is 4. The normalized spacial score (nSPS) is 16.8. The molecule has 1 fully saturated rings. The van der Waals surface area contributed by atoms with Crippen LogP contribution in [0.2, 0.25) is 0 Å². The van der Waals surface area contributed by atoms with Gasteiger partial charge in [-0.2, -0.15) is 5.10 Å². The monoisotopic (exact) mass is 260 g/mol. The Balaban J connectivity index is 2.07. The van der Waals surface area contributed by atoms with Gasteiger partial charge in [-0.3, -0.25) is 0 Å². The first-order valence-corrected chi connectivity index (χ1v) is 6.30. The lowest BCUT2D eigenvalue weighted by molar-refractivity contribution is 0.313. The predicted molar refractivity (Wildman–Crippen MR) is 79.6 cm³/mol.